The van der Waals surface area contributed by atoms with Crippen LogP contribution >= 0.6 is 27.3 Å². The van der Waals surface area contributed by atoms with E-state index >= 15 is 0 Å². The molecular formula is C34H24BrFN2O2S. The van der Waals surface area contributed by atoms with Crippen molar-refractivity contribution in [1.82, 2.24) is 4.57 Å². The van der Waals surface area contributed by atoms with Gasteiger partial charge in [-0.15, -0.1) is 0 Å². The molecule has 7 rings (SSSR count). The van der Waals surface area contributed by atoms with Gasteiger partial charge in [-0.25, -0.2) is 9.38 Å². The molecule has 1 aliphatic heterocycles. The molecule has 0 bridgehead atoms. The zero-order valence-electron chi connectivity index (χ0n) is 21.9. The van der Waals surface area contributed by atoms with Gasteiger partial charge in [0.05, 0.1) is 16.3 Å². The van der Waals surface area contributed by atoms with Crippen molar-refractivity contribution in [2.75, 3.05) is 0 Å². The summed E-state index contributed by atoms with van der Waals surface area (Å²) in [6, 6.07) is 30.2. The molecule has 0 spiro atoms. The van der Waals surface area contributed by atoms with Crippen LogP contribution in [-0.2, 0) is 13.0 Å². The number of ether oxygens (including phenoxy) is 1. The van der Waals surface area contributed by atoms with Crippen LogP contribution in [0.1, 0.15) is 40.3 Å². The number of allylic oxidation sites excluding steroid dienone is 1. The minimum absolute atomic E-state index is 0.102. The molecule has 1 aromatic heterocycles. The van der Waals surface area contributed by atoms with Crippen molar-refractivity contribution < 1.29 is 9.13 Å². The first-order chi connectivity index (χ1) is 20.0. The van der Waals surface area contributed by atoms with Crippen LogP contribution in [0.4, 0.5) is 4.39 Å². The Morgan fingerprint density at radius 2 is 1.78 bits per heavy atom. The molecule has 2 aliphatic rings. The first kappa shape index (κ1) is 25.9. The molecule has 4 aromatic carbocycles. The van der Waals surface area contributed by atoms with Crippen molar-refractivity contribution in [2.24, 2.45) is 4.99 Å². The van der Waals surface area contributed by atoms with Crippen molar-refractivity contribution >= 4 is 39.0 Å². The van der Waals surface area contributed by atoms with Gasteiger partial charge < -0.3 is 4.74 Å². The number of hydrogen-bond acceptors (Lipinski definition) is 4. The van der Waals surface area contributed by atoms with Gasteiger partial charge in [-0.3, -0.25) is 9.36 Å². The Hall–Kier alpha value is -4.07. The molecule has 0 amide bonds. The second-order valence-electron chi connectivity index (χ2n) is 10.2. The molecule has 4 nitrogen and oxygen atoms in total. The summed E-state index contributed by atoms with van der Waals surface area (Å²) >= 11 is 4.84. The van der Waals surface area contributed by atoms with Crippen LogP contribution in [0.3, 0.4) is 0 Å². The number of halogens is 2. The smallest absolute Gasteiger partial charge is 0.271 e. The van der Waals surface area contributed by atoms with E-state index in [2.05, 4.69) is 34.1 Å². The fourth-order valence-corrected chi connectivity index (χ4v) is 6.83. The molecule has 0 saturated heterocycles. The lowest BCUT2D eigenvalue weighted by molar-refractivity contribution is 0.306. The Kier molecular flexibility index (Phi) is 6.77. The molecule has 7 heteroatoms. The molecule has 1 aliphatic carbocycles. The molecule has 41 heavy (non-hydrogen) atoms. The lowest BCUT2D eigenvalue weighted by Gasteiger charge is -2.30. The molecule has 0 N–H and O–H groups in total. The zero-order chi connectivity index (χ0) is 27.9. The largest absolute Gasteiger partial charge is 0.489 e. The number of thiazole rings is 1. The Balaban J connectivity index is 1.30. The van der Waals surface area contributed by atoms with Gasteiger partial charge >= 0.3 is 0 Å². The third-order valence-electron chi connectivity index (χ3n) is 7.53. The summed E-state index contributed by atoms with van der Waals surface area (Å²) in [5.74, 6) is 0.428. The molecule has 0 saturated carbocycles. The number of hydrogen-bond donors (Lipinski definition) is 0. The van der Waals surface area contributed by atoms with E-state index in [9.17, 15) is 9.18 Å². The predicted molar refractivity (Wildman–Crippen MR) is 164 cm³/mol. The predicted octanol–water partition coefficient (Wildman–Crippen LogP) is 6.80. The summed E-state index contributed by atoms with van der Waals surface area (Å²) in [4.78, 5) is 19.7. The molecular weight excluding hydrogens is 599 g/mol. The molecule has 5 aromatic rings. The highest BCUT2D eigenvalue weighted by Crippen LogP contribution is 2.41. The topological polar surface area (TPSA) is 43.6 Å². The van der Waals surface area contributed by atoms with Crippen molar-refractivity contribution in [2.45, 2.75) is 25.5 Å². The highest BCUT2D eigenvalue weighted by atomic mass is 79.9. The lowest BCUT2D eigenvalue weighted by atomic mass is 9.83. The summed E-state index contributed by atoms with van der Waals surface area (Å²) in [7, 11) is 0. The van der Waals surface area contributed by atoms with E-state index in [4.69, 9.17) is 9.73 Å². The molecule has 2 heterocycles. The average Bonchev–Trinajstić information content (AvgIpc) is 3.30. The summed E-state index contributed by atoms with van der Waals surface area (Å²) in [6.45, 7) is 0.448. The third-order valence-corrected chi connectivity index (χ3v) is 9.04. The fraction of sp³-hybridized carbons (Fsp3) is 0.118. The number of nitrogens with zero attached hydrogens (tertiary/aromatic N) is 2. The minimum Gasteiger partial charge on any atom is -0.489 e. The Bertz CT molecular complexity index is 1990. The van der Waals surface area contributed by atoms with Crippen LogP contribution in [0, 0.1) is 5.82 Å². The van der Waals surface area contributed by atoms with Crippen LogP contribution in [0.2, 0.25) is 0 Å². The molecule has 202 valence electrons. The van der Waals surface area contributed by atoms with Gasteiger partial charge in [-0.05, 0) is 83.1 Å². The molecule has 0 fully saturated rings. The fourth-order valence-electron chi connectivity index (χ4n) is 5.56. The van der Waals surface area contributed by atoms with E-state index in [1.165, 1.54) is 29.0 Å². The van der Waals surface area contributed by atoms with Crippen molar-refractivity contribution in [1.29, 1.82) is 0 Å². The molecule has 0 radical (unpaired) electrons. The van der Waals surface area contributed by atoms with Gasteiger partial charge in [0.25, 0.3) is 5.56 Å². The van der Waals surface area contributed by atoms with E-state index in [0.29, 0.717) is 15.9 Å². The Labute approximate surface area is 248 Å². The van der Waals surface area contributed by atoms with Gasteiger partial charge in [-0.2, -0.15) is 0 Å². The Morgan fingerprint density at radius 3 is 2.61 bits per heavy atom. The molecule has 0 unspecified atom stereocenters. The van der Waals surface area contributed by atoms with E-state index in [-0.39, 0.29) is 17.4 Å². The Morgan fingerprint density at radius 1 is 0.976 bits per heavy atom. The SMILES string of the molecule is O=c1/c(=C\c2cccc(OCc3ccc(Br)cc3)c2)sc2n1[C@@H](c1ccc(F)cc1)C1=C(N=2)c2ccccc2CC1. The van der Waals surface area contributed by atoms with Gasteiger partial charge in [0.15, 0.2) is 4.80 Å². The van der Waals surface area contributed by atoms with E-state index in [1.54, 1.807) is 16.7 Å². The monoisotopic (exact) mass is 622 g/mol. The van der Waals surface area contributed by atoms with Crippen LogP contribution in [0.5, 0.6) is 5.75 Å². The van der Waals surface area contributed by atoms with Crippen LogP contribution < -0.4 is 19.6 Å². The van der Waals surface area contributed by atoms with Crippen molar-refractivity contribution in [3.8, 4) is 5.75 Å². The van der Waals surface area contributed by atoms with E-state index < -0.39 is 0 Å². The number of rotatable bonds is 5. The number of aryl methyl sites for hydroxylation is 1. The number of aromatic nitrogens is 1. The first-order valence-corrected chi connectivity index (χ1v) is 15.0. The van der Waals surface area contributed by atoms with Gasteiger partial charge in [-0.1, -0.05) is 87.9 Å². The van der Waals surface area contributed by atoms with Crippen LogP contribution in [0.15, 0.2) is 117 Å². The highest BCUT2D eigenvalue weighted by Gasteiger charge is 2.32. The van der Waals surface area contributed by atoms with Crippen molar-refractivity contribution in [3.05, 3.63) is 160 Å². The lowest BCUT2D eigenvalue weighted by Crippen LogP contribution is -2.38. The summed E-state index contributed by atoms with van der Waals surface area (Å²) in [5, 5.41) is 0. The maximum Gasteiger partial charge on any atom is 0.271 e. The minimum atomic E-state index is -0.335. The number of benzene rings is 4. The second kappa shape index (κ2) is 10.7. The van der Waals surface area contributed by atoms with Crippen molar-refractivity contribution in [3.63, 3.8) is 0 Å². The summed E-state index contributed by atoms with van der Waals surface area (Å²) in [6.07, 6.45) is 3.56. The summed E-state index contributed by atoms with van der Waals surface area (Å²) in [5.41, 5.74) is 7.10. The normalized spacial score (nSPS) is 16.0. The van der Waals surface area contributed by atoms with Crippen LogP contribution in [0.25, 0.3) is 11.8 Å². The first-order valence-electron chi connectivity index (χ1n) is 13.4. The van der Waals surface area contributed by atoms with Crippen LogP contribution in [-0.4, -0.2) is 4.57 Å². The average molecular weight is 624 g/mol. The van der Waals surface area contributed by atoms with Gasteiger partial charge in [0, 0.05) is 10.0 Å². The maximum absolute atomic E-state index is 14.0. The quantitative estimate of drug-likeness (QED) is 0.216. The van der Waals surface area contributed by atoms with Gasteiger partial charge in [0.2, 0.25) is 0 Å². The standard InChI is InChI=1S/C34H24BrFN2O2S/c35-25-13-8-21(9-14-25)20-40-27-6-3-4-22(18-27)19-30-33(39)38-32(24-10-15-26(36)16-11-24)29-17-12-23-5-1-2-7-28(23)31(29)37-34(38)41-30/h1-11,13-16,18-19,32H,12,17,20H2/b30-19+/t32-/m0/s1. The maximum atomic E-state index is 14.0. The highest BCUT2D eigenvalue weighted by molar-refractivity contribution is 9.10. The van der Waals surface area contributed by atoms with E-state index in [0.717, 1.165) is 56.6 Å². The van der Waals surface area contributed by atoms with E-state index in [1.807, 2.05) is 60.7 Å². The zero-order valence-corrected chi connectivity index (χ0v) is 24.3. The number of fused-ring (bicyclic) bond motifs is 3. The second-order valence-corrected chi connectivity index (χ2v) is 12.1. The van der Waals surface area contributed by atoms with Gasteiger partial charge in [0.1, 0.15) is 18.2 Å². The third kappa shape index (κ3) is 5.00. The summed E-state index contributed by atoms with van der Waals surface area (Å²) < 4.78 is 23.3. The molecule has 1 atom stereocenters.